The first-order chi connectivity index (χ1) is 21.9. The number of ether oxygens (including phenoxy) is 3. The molecule has 1 N–H and O–H groups in total. The predicted octanol–water partition coefficient (Wildman–Crippen LogP) is 2.72. The van der Waals surface area contributed by atoms with E-state index >= 15 is 0 Å². The molecule has 4 heterocycles. The maximum atomic E-state index is 14.0. The van der Waals surface area contributed by atoms with E-state index in [9.17, 15) is 19.2 Å². The van der Waals surface area contributed by atoms with Crippen LogP contribution in [0.25, 0.3) is 17.0 Å². The first kappa shape index (κ1) is 33.5. The molecule has 1 aromatic heterocycles. The zero-order valence-electron chi connectivity index (χ0n) is 27.5. The number of cyclic esters (lactones) is 1. The lowest BCUT2D eigenvalue weighted by atomic mass is 9.88. The predicted molar refractivity (Wildman–Crippen MR) is 171 cm³/mol. The van der Waals surface area contributed by atoms with E-state index in [0.717, 1.165) is 22.2 Å². The van der Waals surface area contributed by atoms with E-state index in [0.29, 0.717) is 32.6 Å². The van der Waals surface area contributed by atoms with Crippen LogP contribution < -0.4 is 5.43 Å². The Morgan fingerprint density at radius 1 is 0.913 bits per heavy atom. The molecule has 2 fully saturated rings. The second kappa shape index (κ2) is 13.9. The van der Waals surface area contributed by atoms with Crippen molar-refractivity contribution in [1.82, 2.24) is 25.2 Å². The average Bonchev–Trinajstić information content (AvgIpc) is 3.33. The number of hydrazine groups is 1. The van der Waals surface area contributed by atoms with E-state index in [1.54, 1.807) is 38.8 Å². The number of aromatic nitrogens is 1. The molecule has 5 bridgehead atoms. The molecule has 12 heteroatoms. The van der Waals surface area contributed by atoms with Gasteiger partial charge in [-0.15, -0.1) is 0 Å². The number of nitrogens with zero attached hydrogens (tertiary/aromatic N) is 4. The zero-order chi connectivity index (χ0) is 33.2. The summed E-state index contributed by atoms with van der Waals surface area (Å²) in [7, 11) is 3.26. The van der Waals surface area contributed by atoms with Gasteiger partial charge in [-0.3, -0.25) is 29.2 Å². The molecule has 2 saturated heterocycles. The molecule has 3 aliphatic rings. The molecule has 2 aromatic rings. The highest BCUT2D eigenvalue weighted by Crippen LogP contribution is 2.30. The van der Waals surface area contributed by atoms with Crippen LogP contribution in [-0.4, -0.2) is 109 Å². The van der Waals surface area contributed by atoms with Gasteiger partial charge < -0.3 is 24.0 Å². The van der Waals surface area contributed by atoms with Gasteiger partial charge in [-0.2, -0.15) is 0 Å². The lowest BCUT2D eigenvalue weighted by molar-refractivity contribution is -0.174. The molecule has 0 saturated carbocycles. The number of amides is 3. The van der Waals surface area contributed by atoms with Crippen molar-refractivity contribution in [2.75, 3.05) is 47.1 Å². The highest BCUT2D eigenvalue weighted by atomic mass is 16.6. The first-order valence-electron chi connectivity index (χ1n) is 16.0. The number of hydrogen-bond acceptors (Lipinski definition) is 9. The molecular formula is C34H45N5O7. The maximum absolute atomic E-state index is 14.0. The average molecular weight is 636 g/mol. The molecule has 1 spiro atoms. The summed E-state index contributed by atoms with van der Waals surface area (Å²) in [4.78, 5) is 63.0. The number of likely N-dealkylation sites (N-methyl/N-ethyl adjacent to an activating group) is 2. The van der Waals surface area contributed by atoms with Gasteiger partial charge >= 0.3 is 5.97 Å². The van der Waals surface area contributed by atoms with Crippen LogP contribution in [-0.2, 0) is 33.4 Å². The number of carbonyl (C=O) groups is 4. The Labute approximate surface area is 270 Å². The van der Waals surface area contributed by atoms with Crippen LogP contribution in [0.1, 0.15) is 57.8 Å². The quantitative estimate of drug-likeness (QED) is 0.470. The Bertz CT molecular complexity index is 1500. The van der Waals surface area contributed by atoms with Crippen LogP contribution in [0.4, 0.5) is 0 Å². The van der Waals surface area contributed by atoms with Crippen LogP contribution in [0.15, 0.2) is 36.4 Å². The molecule has 248 valence electrons. The minimum absolute atomic E-state index is 0.0156. The Morgan fingerprint density at radius 3 is 2.28 bits per heavy atom. The number of esters is 1. The van der Waals surface area contributed by atoms with Crippen molar-refractivity contribution in [3.8, 4) is 0 Å². The van der Waals surface area contributed by atoms with Crippen LogP contribution in [0.2, 0.25) is 0 Å². The smallest absolute Gasteiger partial charge is 0.321 e. The fourth-order valence-electron chi connectivity index (χ4n) is 5.94. The number of fused-ring (bicyclic) bond motifs is 4. The summed E-state index contributed by atoms with van der Waals surface area (Å²) in [6.45, 7) is 8.19. The lowest BCUT2D eigenvalue weighted by Gasteiger charge is -2.39. The molecule has 0 unspecified atom stereocenters. The number of benzene rings is 1. The fourth-order valence-corrected chi connectivity index (χ4v) is 5.94. The van der Waals surface area contributed by atoms with Crippen molar-refractivity contribution in [2.24, 2.45) is 11.3 Å². The number of rotatable bonds is 1. The summed E-state index contributed by atoms with van der Waals surface area (Å²) in [6.07, 6.45) is 3.56. The lowest BCUT2D eigenvalue weighted by Crippen LogP contribution is -2.61. The van der Waals surface area contributed by atoms with Gasteiger partial charge in [0.25, 0.3) is 11.8 Å². The second-order valence-corrected chi connectivity index (χ2v) is 12.9. The minimum Gasteiger partial charge on any atom is -0.451 e. The zero-order valence-corrected chi connectivity index (χ0v) is 27.5. The summed E-state index contributed by atoms with van der Waals surface area (Å²) in [5.74, 6) is -2.05. The van der Waals surface area contributed by atoms with Gasteiger partial charge in [-0.05, 0) is 50.3 Å². The third-order valence-corrected chi connectivity index (χ3v) is 9.31. The van der Waals surface area contributed by atoms with Crippen molar-refractivity contribution >= 4 is 40.7 Å². The summed E-state index contributed by atoms with van der Waals surface area (Å²) in [5, 5.41) is 2.35. The van der Waals surface area contributed by atoms with Crippen molar-refractivity contribution in [2.45, 2.75) is 64.8 Å². The van der Waals surface area contributed by atoms with E-state index in [1.165, 1.54) is 17.0 Å². The van der Waals surface area contributed by atoms with Gasteiger partial charge in [-0.1, -0.05) is 44.2 Å². The summed E-state index contributed by atoms with van der Waals surface area (Å²) in [5.41, 5.74) is 4.06. The number of hydrogen-bond donors (Lipinski definition) is 1. The summed E-state index contributed by atoms with van der Waals surface area (Å²) < 4.78 is 17.5. The minimum atomic E-state index is -1.31. The fraction of sp³-hybridized carbons (Fsp3) is 0.559. The van der Waals surface area contributed by atoms with E-state index in [1.807, 2.05) is 43.3 Å². The Morgan fingerprint density at radius 2 is 1.59 bits per heavy atom. The highest BCUT2D eigenvalue weighted by Gasteiger charge is 2.44. The van der Waals surface area contributed by atoms with E-state index in [-0.39, 0.29) is 37.0 Å². The molecule has 4 atom stereocenters. The van der Waals surface area contributed by atoms with Crippen molar-refractivity contribution in [1.29, 1.82) is 0 Å². The molecular weight excluding hydrogens is 590 g/mol. The van der Waals surface area contributed by atoms with E-state index in [2.05, 4.69) is 5.43 Å². The Kier molecular flexibility index (Phi) is 10.1. The van der Waals surface area contributed by atoms with E-state index < -0.39 is 35.5 Å². The van der Waals surface area contributed by atoms with Gasteiger partial charge in [-0.25, -0.2) is 5.43 Å². The third-order valence-electron chi connectivity index (χ3n) is 9.31. The molecule has 12 nitrogen and oxygen atoms in total. The second-order valence-electron chi connectivity index (χ2n) is 12.9. The first-order valence-corrected chi connectivity index (χ1v) is 16.0. The van der Waals surface area contributed by atoms with Gasteiger partial charge in [0.15, 0.2) is 6.10 Å². The largest absolute Gasteiger partial charge is 0.451 e. The highest BCUT2D eigenvalue weighted by molar-refractivity contribution is 5.92. The van der Waals surface area contributed by atoms with Crippen molar-refractivity contribution in [3.05, 3.63) is 47.7 Å². The summed E-state index contributed by atoms with van der Waals surface area (Å²) >= 11 is 0. The molecule has 3 aliphatic heterocycles. The maximum Gasteiger partial charge on any atom is 0.321 e. The Hall–Kier alpha value is -3.87. The van der Waals surface area contributed by atoms with Crippen LogP contribution >= 0.6 is 0 Å². The van der Waals surface area contributed by atoms with Gasteiger partial charge in [0.2, 0.25) is 5.91 Å². The van der Waals surface area contributed by atoms with Crippen LogP contribution in [0.3, 0.4) is 0 Å². The molecule has 3 amide bonds. The SMILES string of the molecule is CC(C)[C@@H]1OC(=O)C2(/C=C\c3ccc4ccc(nc4c3)[C@@H](C)N(C)C(=O)[C@@H]3CCCN(N3)C(=O)[C@H](C)N(C)C1=O)COCCOC2. The van der Waals surface area contributed by atoms with Crippen molar-refractivity contribution in [3.63, 3.8) is 0 Å². The van der Waals surface area contributed by atoms with Gasteiger partial charge in [0, 0.05) is 26.0 Å². The number of pyridine rings is 1. The van der Waals surface area contributed by atoms with Crippen LogP contribution in [0, 0.1) is 11.3 Å². The van der Waals surface area contributed by atoms with Crippen molar-refractivity contribution < 1.29 is 33.4 Å². The molecule has 0 aliphatic carbocycles. The molecule has 1 aromatic carbocycles. The topological polar surface area (TPSA) is 131 Å². The van der Waals surface area contributed by atoms with Crippen LogP contribution in [0.5, 0.6) is 0 Å². The molecule has 5 rings (SSSR count). The van der Waals surface area contributed by atoms with Gasteiger partial charge in [0.1, 0.15) is 17.5 Å². The molecule has 46 heavy (non-hydrogen) atoms. The van der Waals surface area contributed by atoms with Gasteiger partial charge in [0.05, 0.1) is 43.7 Å². The third kappa shape index (κ3) is 6.79. The number of nitrogens with one attached hydrogen (secondary N) is 1. The standard InChI is InChI=1S/C34H45N5O7/c1-21(2)29-32(42)38(6)23(4)30(40)39-15-7-8-27(36-39)31(41)37(5)22(3)26-12-11-25-10-9-24(18-28(25)35-26)13-14-34(33(43)46-29)19-44-16-17-45-20-34/h9-14,18,21-23,27,29,36H,7-8,15-17,19-20H2,1-6H3/b14-13-/t22-,23+,27+,29+/m1/s1. The van der Waals surface area contributed by atoms with E-state index in [4.69, 9.17) is 19.2 Å². The Balaban J connectivity index is 1.58. The monoisotopic (exact) mass is 635 g/mol. The number of carbonyl (C=O) groups excluding carboxylic acids is 4. The normalized spacial score (nSPS) is 27.7. The summed E-state index contributed by atoms with van der Waals surface area (Å²) in [6, 6.07) is 7.85. The molecule has 0 radical (unpaired) electrons.